The van der Waals surface area contributed by atoms with Crippen molar-refractivity contribution in [2.75, 3.05) is 6.61 Å². The molecular formula is C9H13BrClNOS. The van der Waals surface area contributed by atoms with Crippen molar-refractivity contribution in [2.24, 2.45) is 0 Å². The summed E-state index contributed by atoms with van der Waals surface area (Å²) < 4.78 is 1.62. The summed E-state index contributed by atoms with van der Waals surface area (Å²) in [4.78, 5) is 1.05. The maximum Gasteiger partial charge on any atom is 0.107 e. The third kappa shape index (κ3) is 3.21. The Kier molecular flexibility index (Phi) is 4.87. The van der Waals surface area contributed by atoms with Crippen molar-refractivity contribution in [1.82, 2.24) is 5.32 Å². The summed E-state index contributed by atoms with van der Waals surface area (Å²) in [6, 6.07) is 2.26. The van der Waals surface area contributed by atoms with Gasteiger partial charge in [0.2, 0.25) is 0 Å². The van der Waals surface area contributed by atoms with Crippen LogP contribution >= 0.6 is 38.9 Å². The maximum atomic E-state index is 9.21. The predicted octanol–water partition coefficient (Wildman–Crippen LogP) is 3.20. The van der Waals surface area contributed by atoms with Crippen molar-refractivity contribution in [1.29, 1.82) is 0 Å². The van der Waals surface area contributed by atoms with Crippen molar-refractivity contribution >= 4 is 38.9 Å². The molecule has 0 fully saturated rings. The van der Waals surface area contributed by atoms with Crippen LogP contribution in [-0.2, 0) is 0 Å². The number of nitrogens with one attached hydrogen (secondary N) is 1. The van der Waals surface area contributed by atoms with E-state index >= 15 is 0 Å². The van der Waals surface area contributed by atoms with Crippen molar-refractivity contribution in [3.63, 3.8) is 0 Å². The van der Waals surface area contributed by atoms with E-state index in [-0.39, 0.29) is 12.6 Å². The molecule has 0 aromatic carbocycles. The second-order valence-corrected chi connectivity index (χ2v) is 5.87. The standard InChI is InChI=1S/C9H13BrClNOS/c1-5(2)12-7(4-13)8-3-6(10)9(11)14-8/h3,5,7,12-13H,4H2,1-2H3. The zero-order valence-electron chi connectivity index (χ0n) is 8.05. The van der Waals surface area contributed by atoms with Crippen LogP contribution in [0.2, 0.25) is 4.34 Å². The molecule has 0 amide bonds. The summed E-state index contributed by atoms with van der Waals surface area (Å²) in [5, 5.41) is 12.5. The minimum atomic E-state index is -0.0243. The molecule has 1 rings (SSSR count). The van der Waals surface area contributed by atoms with Gasteiger partial charge in [-0.1, -0.05) is 25.4 Å². The number of aliphatic hydroxyl groups excluding tert-OH is 1. The van der Waals surface area contributed by atoms with Gasteiger partial charge < -0.3 is 10.4 Å². The van der Waals surface area contributed by atoms with Crippen LogP contribution in [0.5, 0.6) is 0 Å². The van der Waals surface area contributed by atoms with Crippen molar-refractivity contribution in [3.8, 4) is 0 Å². The second-order valence-electron chi connectivity index (χ2n) is 3.33. The number of aliphatic hydroxyl groups is 1. The smallest absolute Gasteiger partial charge is 0.107 e. The third-order valence-corrected chi connectivity index (χ3v) is 4.31. The van der Waals surface area contributed by atoms with E-state index in [0.717, 1.165) is 13.7 Å². The average molecular weight is 299 g/mol. The normalized spacial score (nSPS) is 13.6. The monoisotopic (exact) mass is 297 g/mol. The van der Waals surface area contributed by atoms with Gasteiger partial charge in [-0.05, 0) is 22.0 Å². The fourth-order valence-corrected chi connectivity index (χ4v) is 2.95. The summed E-state index contributed by atoms with van der Waals surface area (Å²) in [5.41, 5.74) is 0. The van der Waals surface area contributed by atoms with E-state index in [1.54, 1.807) is 0 Å². The molecule has 1 heterocycles. The molecule has 1 atom stereocenters. The highest BCUT2D eigenvalue weighted by atomic mass is 79.9. The van der Waals surface area contributed by atoms with Crippen LogP contribution in [0.25, 0.3) is 0 Å². The molecule has 5 heteroatoms. The summed E-state index contributed by atoms with van der Waals surface area (Å²) in [7, 11) is 0. The van der Waals surface area contributed by atoms with Crippen molar-refractivity contribution < 1.29 is 5.11 Å². The SMILES string of the molecule is CC(C)NC(CO)c1cc(Br)c(Cl)s1. The zero-order chi connectivity index (χ0) is 10.7. The molecule has 0 bridgehead atoms. The Labute approximate surface area is 101 Å². The van der Waals surface area contributed by atoms with Crippen LogP contribution in [0.15, 0.2) is 10.5 Å². The Morgan fingerprint density at radius 3 is 2.64 bits per heavy atom. The topological polar surface area (TPSA) is 32.3 Å². The van der Waals surface area contributed by atoms with E-state index < -0.39 is 0 Å². The van der Waals surface area contributed by atoms with E-state index in [0.29, 0.717) is 6.04 Å². The van der Waals surface area contributed by atoms with Gasteiger partial charge in [0.05, 0.1) is 12.6 Å². The van der Waals surface area contributed by atoms with E-state index in [9.17, 15) is 5.11 Å². The molecule has 1 aromatic heterocycles. The molecule has 0 spiro atoms. The molecule has 0 saturated carbocycles. The van der Waals surface area contributed by atoms with E-state index in [1.165, 1.54) is 11.3 Å². The van der Waals surface area contributed by atoms with Crippen molar-refractivity contribution in [3.05, 3.63) is 19.8 Å². The second kappa shape index (κ2) is 5.47. The molecule has 1 aromatic rings. The number of hydrogen-bond acceptors (Lipinski definition) is 3. The number of halogens is 2. The number of hydrogen-bond donors (Lipinski definition) is 2. The van der Waals surface area contributed by atoms with Gasteiger partial charge in [0.1, 0.15) is 4.34 Å². The van der Waals surface area contributed by atoms with Gasteiger partial charge >= 0.3 is 0 Å². The summed E-state index contributed by atoms with van der Waals surface area (Å²) in [6.45, 7) is 4.18. The Morgan fingerprint density at radius 2 is 2.29 bits per heavy atom. The highest BCUT2D eigenvalue weighted by molar-refractivity contribution is 9.10. The van der Waals surface area contributed by atoms with Crippen LogP contribution in [0.1, 0.15) is 24.8 Å². The molecule has 2 nitrogen and oxygen atoms in total. The van der Waals surface area contributed by atoms with Gasteiger partial charge in [-0.25, -0.2) is 0 Å². The highest BCUT2D eigenvalue weighted by Gasteiger charge is 2.15. The first-order valence-corrected chi connectivity index (χ1v) is 6.35. The molecule has 2 N–H and O–H groups in total. The molecule has 0 aliphatic carbocycles. The molecule has 0 radical (unpaired) electrons. The molecule has 1 unspecified atom stereocenters. The molecule has 80 valence electrons. The van der Waals surface area contributed by atoms with Crippen LogP contribution in [0.3, 0.4) is 0 Å². The quantitative estimate of drug-likeness (QED) is 0.895. The molecular weight excluding hydrogens is 286 g/mol. The summed E-state index contributed by atoms with van der Waals surface area (Å²) in [5.74, 6) is 0. The Balaban J connectivity index is 2.78. The highest BCUT2D eigenvalue weighted by Crippen LogP contribution is 2.35. The largest absolute Gasteiger partial charge is 0.394 e. The first-order chi connectivity index (χ1) is 6.54. The lowest BCUT2D eigenvalue weighted by Gasteiger charge is -2.17. The molecule has 0 aliphatic rings. The van der Waals surface area contributed by atoms with Gasteiger partial charge in [0.15, 0.2) is 0 Å². The Hall–Kier alpha value is 0.390. The van der Waals surface area contributed by atoms with E-state index in [2.05, 4.69) is 21.2 Å². The fraction of sp³-hybridized carbons (Fsp3) is 0.556. The zero-order valence-corrected chi connectivity index (χ0v) is 11.2. The fourth-order valence-electron chi connectivity index (χ4n) is 1.16. The Bertz CT molecular complexity index is 284. The average Bonchev–Trinajstić information content (AvgIpc) is 2.42. The van der Waals surface area contributed by atoms with Gasteiger partial charge in [-0.15, -0.1) is 11.3 Å². The van der Waals surface area contributed by atoms with Gasteiger partial charge in [0, 0.05) is 15.4 Å². The first kappa shape index (κ1) is 12.5. The van der Waals surface area contributed by atoms with Gasteiger partial charge in [0.25, 0.3) is 0 Å². The maximum absolute atomic E-state index is 9.21. The predicted molar refractivity (Wildman–Crippen MR) is 65.1 cm³/mol. The van der Waals surface area contributed by atoms with Gasteiger partial charge in [-0.2, -0.15) is 0 Å². The lowest BCUT2D eigenvalue weighted by molar-refractivity contribution is 0.239. The first-order valence-electron chi connectivity index (χ1n) is 4.36. The lowest BCUT2D eigenvalue weighted by atomic mass is 10.2. The van der Waals surface area contributed by atoms with Crippen LogP contribution in [0.4, 0.5) is 0 Å². The van der Waals surface area contributed by atoms with Crippen LogP contribution < -0.4 is 5.32 Å². The minimum Gasteiger partial charge on any atom is -0.394 e. The van der Waals surface area contributed by atoms with Crippen molar-refractivity contribution in [2.45, 2.75) is 25.9 Å². The number of thiophene rings is 1. The minimum absolute atomic E-state index is 0.0243. The molecule has 0 aliphatic heterocycles. The summed E-state index contributed by atoms with van der Waals surface area (Å²) >= 11 is 10.8. The van der Waals surface area contributed by atoms with E-state index in [1.807, 2.05) is 19.9 Å². The van der Waals surface area contributed by atoms with Crippen LogP contribution in [-0.4, -0.2) is 17.8 Å². The lowest BCUT2D eigenvalue weighted by Crippen LogP contribution is -2.29. The summed E-state index contributed by atoms with van der Waals surface area (Å²) in [6.07, 6.45) is 0. The number of rotatable bonds is 4. The van der Waals surface area contributed by atoms with Gasteiger partial charge in [-0.3, -0.25) is 0 Å². The Morgan fingerprint density at radius 1 is 1.64 bits per heavy atom. The molecule has 0 saturated heterocycles. The van der Waals surface area contributed by atoms with E-state index in [4.69, 9.17) is 11.6 Å². The molecule has 14 heavy (non-hydrogen) atoms. The van der Waals surface area contributed by atoms with Crippen LogP contribution in [0, 0.1) is 0 Å². The third-order valence-electron chi connectivity index (χ3n) is 1.72.